The molecule has 0 bridgehead atoms. The van der Waals surface area contributed by atoms with Crippen LogP contribution < -0.4 is 14.4 Å². The molecule has 1 aliphatic heterocycles. The van der Waals surface area contributed by atoms with Crippen LogP contribution in [0.15, 0.2) is 59.5 Å². The lowest BCUT2D eigenvalue weighted by Crippen LogP contribution is -2.43. The number of sulfonamides is 1. The lowest BCUT2D eigenvalue weighted by atomic mass is 10.2. The largest absolute Gasteiger partial charge is 0.425 e. The minimum absolute atomic E-state index is 0.0761. The zero-order chi connectivity index (χ0) is 21.6. The topological polar surface area (TPSA) is 92.8 Å². The Kier molecular flexibility index (Phi) is 7.52. The van der Waals surface area contributed by atoms with Crippen LogP contribution in [-0.2, 0) is 19.6 Å². The predicted octanol–water partition coefficient (Wildman–Crippen LogP) is 2.82. The normalized spacial score (nSPS) is 15.2. The van der Waals surface area contributed by atoms with E-state index in [2.05, 4.69) is 4.72 Å². The molecule has 1 fully saturated rings. The Morgan fingerprint density at radius 1 is 1.17 bits per heavy atom. The molecule has 2 aromatic rings. The van der Waals surface area contributed by atoms with Crippen molar-refractivity contribution in [3.8, 4) is 5.75 Å². The van der Waals surface area contributed by atoms with Crippen molar-refractivity contribution < 1.29 is 22.7 Å². The Bertz CT molecular complexity index is 978. The quantitative estimate of drug-likeness (QED) is 0.468. The zero-order valence-corrected chi connectivity index (χ0v) is 18.2. The third-order valence-electron chi connectivity index (χ3n) is 4.69. The summed E-state index contributed by atoms with van der Waals surface area (Å²) < 4.78 is 33.1. The average molecular weight is 449 g/mol. The van der Waals surface area contributed by atoms with Crippen molar-refractivity contribution in [3.05, 3.63) is 54.6 Å². The van der Waals surface area contributed by atoms with Gasteiger partial charge in [0.05, 0.1) is 4.90 Å². The van der Waals surface area contributed by atoms with Crippen LogP contribution in [0.3, 0.4) is 0 Å². The Morgan fingerprint density at radius 3 is 2.47 bits per heavy atom. The number of ether oxygens (including phenoxy) is 1. The minimum atomic E-state index is -3.86. The van der Waals surface area contributed by atoms with E-state index in [1.54, 1.807) is 47.4 Å². The van der Waals surface area contributed by atoms with E-state index < -0.39 is 22.0 Å². The molecular weight excluding hydrogens is 424 g/mol. The molecule has 1 atom stereocenters. The second-order valence-electron chi connectivity index (χ2n) is 6.83. The van der Waals surface area contributed by atoms with E-state index in [1.165, 1.54) is 23.9 Å². The molecule has 160 valence electrons. The molecule has 0 aliphatic carbocycles. The first-order chi connectivity index (χ1) is 14.4. The maximum absolute atomic E-state index is 12.7. The van der Waals surface area contributed by atoms with Gasteiger partial charge in [0.2, 0.25) is 15.9 Å². The number of benzene rings is 2. The van der Waals surface area contributed by atoms with Gasteiger partial charge in [-0.15, -0.1) is 0 Å². The molecule has 0 saturated carbocycles. The Morgan fingerprint density at radius 2 is 1.87 bits per heavy atom. The number of anilines is 1. The summed E-state index contributed by atoms with van der Waals surface area (Å²) in [5.74, 6) is 0.289. The van der Waals surface area contributed by atoms with Crippen LogP contribution in [0.1, 0.15) is 19.3 Å². The summed E-state index contributed by atoms with van der Waals surface area (Å²) in [6.45, 7) is 0.677. The number of carbonyl (C=O) groups excluding carboxylic acids is 2. The Hall–Kier alpha value is -2.36. The lowest BCUT2D eigenvalue weighted by Gasteiger charge is -2.18. The number of amides is 1. The van der Waals surface area contributed by atoms with Crippen LogP contribution in [0, 0.1) is 0 Å². The van der Waals surface area contributed by atoms with Gasteiger partial charge in [-0.3, -0.25) is 4.79 Å². The van der Waals surface area contributed by atoms with E-state index >= 15 is 0 Å². The zero-order valence-electron chi connectivity index (χ0n) is 16.6. The molecule has 3 rings (SSSR count). The van der Waals surface area contributed by atoms with E-state index in [1.807, 2.05) is 6.26 Å². The smallest absolute Gasteiger partial charge is 0.329 e. The number of nitrogens with zero attached hydrogens (tertiary/aromatic N) is 1. The average Bonchev–Trinajstić information content (AvgIpc) is 3.18. The number of hydrogen-bond acceptors (Lipinski definition) is 6. The Labute approximate surface area is 180 Å². The Balaban J connectivity index is 1.70. The number of hydrogen-bond donors (Lipinski definition) is 1. The number of nitrogens with one attached hydrogen (secondary N) is 1. The van der Waals surface area contributed by atoms with E-state index in [9.17, 15) is 18.0 Å². The van der Waals surface area contributed by atoms with Gasteiger partial charge in [-0.2, -0.15) is 16.5 Å². The standard InChI is InChI=1S/C21H24N2O5S2/c1-29-15-13-19(22-30(26,27)18-6-3-2-4-7-18)21(25)28-17-11-9-16(10-12-17)23-14-5-8-20(23)24/h2-4,6-7,9-12,19,22H,5,8,13-15H2,1H3/t19-/m0/s1. The second kappa shape index (κ2) is 10.1. The van der Waals surface area contributed by atoms with Crippen molar-refractivity contribution >= 4 is 39.3 Å². The molecule has 7 nitrogen and oxygen atoms in total. The number of esters is 1. The third-order valence-corrected chi connectivity index (χ3v) is 6.82. The number of carbonyl (C=O) groups is 2. The van der Waals surface area contributed by atoms with Gasteiger partial charge in [0.1, 0.15) is 11.8 Å². The second-order valence-corrected chi connectivity index (χ2v) is 9.53. The summed E-state index contributed by atoms with van der Waals surface area (Å²) in [6, 6.07) is 13.5. The molecule has 1 aliphatic rings. The fourth-order valence-corrected chi connectivity index (χ4v) is 4.83. The highest BCUT2D eigenvalue weighted by Gasteiger charge is 2.27. The van der Waals surface area contributed by atoms with Crippen molar-refractivity contribution in [1.29, 1.82) is 0 Å². The molecule has 0 spiro atoms. The van der Waals surface area contributed by atoms with Crippen LogP contribution in [0.25, 0.3) is 0 Å². The minimum Gasteiger partial charge on any atom is -0.425 e. The first-order valence-electron chi connectivity index (χ1n) is 9.59. The van der Waals surface area contributed by atoms with Gasteiger partial charge in [0, 0.05) is 18.7 Å². The molecule has 0 unspecified atom stereocenters. The molecule has 9 heteroatoms. The van der Waals surface area contributed by atoms with Gasteiger partial charge in [-0.25, -0.2) is 13.2 Å². The van der Waals surface area contributed by atoms with Crippen molar-refractivity contribution in [2.75, 3.05) is 23.5 Å². The first-order valence-corrected chi connectivity index (χ1v) is 12.5. The summed E-state index contributed by atoms with van der Waals surface area (Å²) in [4.78, 5) is 26.3. The molecule has 1 N–H and O–H groups in total. The summed E-state index contributed by atoms with van der Waals surface area (Å²) in [7, 11) is -3.86. The van der Waals surface area contributed by atoms with Crippen LogP contribution in [0.4, 0.5) is 5.69 Å². The fourth-order valence-electron chi connectivity index (χ4n) is 3.12. The molecule has 1 saturated heterocycles. The van der Waals surface area contributed by atoms with Gasteiger partial charge in [0.15, 0.2) is 0 Å². The van der Waals surface area contributed by atoms with E-state index in [0.717, 1.165) is 12.1 Å². The van der Waals surface area contributed by atoms with Crippen molar-refractivity contribution in [2.45, 2.75) is 30.2 Å². The van der Waals surface area contributed by atoms with Crippen molar-refractivity contribution in [3.63, 3.8) is 0 Å². The summed E-state index contributed by atoms with van der Waals surface area (Å²) in [6.07, 6.45) is 3.54. The molecule has 0 aromatic heterocycles. The van der Waals surface area contributed by atoms with Crippen LogP contribution >= 0.6 is 11.8 Å². The highest BCUT2D eigenvalue weighted by molar-refractivity contribution is 7.98. The third kappa shape index (κ3) is 5.62. The lowest BCUT2D eigenvalue weighted by molar-refractivity contribution is -0.136. The molecular formula is C21H24N2O5S2. The van der Waals surface area contributed by atoms with Crippen LogP contribution in [-0.4, -0.2) is 44.9 Å². The van der Waals surface area contributed by atoms with E-state index in [-0.39, 0.29) is 10.8 Å². The highest BCUT2D eigenvalue weighted by Crippen LogP contribution is 2.24. The predicted molar refractivity (Wildman–Crippen MR) is 117 cm³/mol. The fraction of sp³-hybridized carbons (Fsp3) is 0.333. The van der Waals surface area contributed by atoms with Gasteiger partial charge in [-0.05, 0) is 61.2 Å². The number of thioether (sulfide) groups is 1. The maximum Gasteiger partial charge on any atom is 0.329 e. The van der Waals surface area contributed by atoms with Crippen molar-refractivity contribution in [2.24, 2.45) is 0 Å². The van der Waals surface area contributed by atoms with Gasteiger partial charge >= 0.3 is 5.97 Å². The molecule has 2 aromatic carbocycles. The molecule has 0 radical (unpaired) electrons. The number of rotatable bonds is 9. The highest BCUT2D eigenvalue weighted by atomic mass is 32.2. The molecule has 1 amide bonds. The first kappa shape index (κ1) is 22.3. The van der Waals surface area contributed by atoms with E-state index in [4.69, 9.17) is 4.74 Å². The maximum atomic E-state index is 12.7. The summed E-state index contributed by atoms with van der Waals surface area (Å²) in [5.41, 5.74) is 0.751. The SMILES string of the molecule is CSCC[C@H](NS(=O)(=O)c1ccccc1)C(=O)Oc1ccc(N2CCCC2=O)cc1. The van der Waals surface area contributed by atoms with Crippen LogP contribution in [0.5, 0.6) is 5.75 Å². The molecule has 1 heterocycles. The van der Waals surface area contributed by atoms with E-state index in [0.29, 0.717) is 30.9 Å². The molecule has 30 heavy (non-hydrogen) atoms. The van der Waals surface area contributed by atoms with Gasteiger partial charge in [0.25, 0.3) is 0 Å². The van der Waals surface area contributed by atoms with Crippen molar-refractivity contribution in [1.82, 2.24) is 4.72 Å². The van der Waals surface area contributed by atoms with Crippen LogP contribution in [0.2, 0.25) is 0 Å². The summed E-state index contributed by atoms with van der Waals surface area (Å²) >= 11 is 1.51. The van der Waals surface area contributed by atoms with Gasteiger partial charge in [-0.1, -0.05) is 18.2 Å². The monoisotopic (exact) mass is 448 g/mol. The van der Waals surface area contributed by atoms with Gasteiger partial charge < -0.3 is 9.64 Å². The summed E-state index contributed by atoms with van der Waals surface area (Å²) in [5, 5.41) is 0.